The van der Waals surface area contributed by atoms with Gasteiger partial charge in [-0.2, -0.15) is 0 Å². The highest BCUT2D eigenvalue weighted by Crippen LogP contribution is 2.33. The molecule has 1 N–H and O–H groups in total. The lowest BCUT2D eigenvalue weighted by molar-refractivity contribution is -0.135. The summed E-state index contributed by atoms with van der Waals surface area (Å²) < 4.78 is 23.5. The molecule has 0 atom stereocenters. The van der Waals surface area contributed by atoms with Gasteiger partial charge >= 0.3 is 0 Å². The standard InChI is InChI=1S/C20H21FN2O4/c1-26-17-9-13-7-8-23(12-14(13)10-18(17)27-2)20(25)11-19(24)22-16-5-3-15(21)4-6-16/h3-6,9-10H,7-8,11-12H2,1-2H3,(H,22,24). The Hall–Kier alpha value is -3.09. The molecule has 7 heteroatoms. The summed E-state index contributed by atoms with van der Waals surface area (Å²) >= 11 is 0. The molecule has 2 aromatic carbocycles. The van der Waals surface area contributed by atoms with Crippen molar-refractivity contribution in [2.75, 3.05) is 26.1 Å². The molecule has 3 rings (SSSR count). The number of benzene rings is 2. The lowest BCUT2D eigenvalue weighted by Crippen LogP contribution is -2.37. The summed E-state index contributed by atoms with van der Waals surface area (Å²) in [7, 11) is 3.15. The number of anilines is 1. The number of nitrogens with zero attached hydrogens (tertiary/aromatic N) is 1. The Morgan fingerprint density at radius 1 is 1.07 bits per heavy atom. The molecular weight excluding hydrogens is 351 g/mol. The Balaban J connectivity index is 1.63. The zero-order valence-corrected chi connectivity index (χ0v) is 15.3. The molecule has 2 amide bonds. The fraction of sp³-hybridized carbons (Fsp3) is 0.300. The van der Waals surface area contributed by atoms with Gasteiger partial charge in [-0.05, 0) is 53.9 Å². The summed E-state index contributed by atoms with van der Waals surface area (Å²) in [6, 6.07) is 9.20. The summed E-state index contributed by atoms with van der Waals surface area (Å²) in [5.41, 5.74) is 2.54. The van der Waals surface area contributed by atoms with Crippen LogP contribution < -0.4 is 14.8 Å². The maximum Gasteiger partial charge on any atom is 0.233 e. The van der Waals surface area contributed by atoms with Crippen LogP contribution in [0.15, 0.2) is 36.4 Å². The quantitative estimate of drug-likeness (QED) is 0.820. The monoisotopic (exact) mass is 372 g/mol. The van der Waals surface area contributed by atoms with E-state index in [-0.39, 0.29) is 18.1 Å². The Kier molecular flexibility index (Phi) is 5.59. The van der Waals surface area contributed by atoms with Gasteiger partial charge < -0.3 is 19.7 Å². The molecule has 0 bridgehead atoms. The van der Waals surface area contributed by atoms with Gasteiger partial charge in [0.25, 0.3) is 0 Å². The first-order valence-corrected chi connectivity index (χ1v) is 8.57. The van der Waals surface area contributed by atoms with Crippen LogP contribution in [0.3, 0.4) is 0 Å². The predicted octanol–water partition coefficient (Wildman–Crippen LogP) is 2.76. The van der Waals surface area contributed by atoms with Crippen molar-refractivity contribution >= 4 is 17.5 Å². The van der Waals surface area contributed by atoms with Crippen molar-refractivity contribution in [3.05, 3.63) is 53.3 Å². The van der Waals surface area contributed by atoms with Crippen molar-refractivity contribution in [3.8, 4) is 11.5 Å². The second kappa shape index (κ2) is 8.07. The van der Waals surface area contributed by atoms with Crippen molar-refractivity contribution in [2.45, 2.75) is 19.4 Å². The van der Waals surface area contributed by atoms with Crippen LogP contribution in [0.25, 0.3) is 0 Å². The van der Waals surface area contributed by atoms with Crippen LogP contribution in [0.2, 0.25) is 0 Å². The second-order valence-corrected chi connectivity index (χ2v) is 6.27. The summed E-state index contributed by atoms with van der Waals surface area (Å²) in [5, 5.41) is 2.60. The van der Waals surface area contributed by atoms with Crippen LogP contribution in [-0.2, 0) is 22.6 Å². The molecular formula is C20H21FN2O4. The van der Waals surface area contributed by atoms with Crippen molar-refractivity contribution in [2.24, 2.45) is 0 Å². The molecule has 0 aliphatic carbocycles. The first-order chi connectivity index (χ1) is 13.0. The van der Waals surface area contributed by atoms with E-state index < -0.39 is 5.91 Å². The Labute approximate surface area is 156 Å². The van der Waals surface area contributed by atoms with Crippen molar-refractivity contribution < 1.29 is 23.5 Å². The average Bonchev–Trinajstić information content (AvgIpc) is 2.68. The smallest absolute Gasteiger partial charge is 0.233 e. The van der Waals surface area contributed by atoms with Gasteiger partial charge in [-0.3, -0.25) is 9.59 Å². The molecule has 2 aromatic rings. The van der Waals surface area contributed by atoms with Gasteiger partial charge in [-0.1, -0.05) is 0 Å². The third-order valence-electron chi connectivity index (χ3n) is 4.51. The van der Waals surface area contributed by atoms with Gasteiger partial charge in [0.1, 0.15) is 12.2 Å². The minimum absolute atomic E-state index is 0.255. The molecule has 0 unspecified atom stereocenters. The molecule has 1 aliphatic heterocycles. The molecule has 0 fully saturated rings. The normalized spacial score (nSPS) is 12.9. The summed E-state index contributed by atoms with van der Waals surface area (Å²) in [4.78, 5) is 26.2. The van der Waals surface area contributed by atoms with Crippen LogP contribution in [-0.4, -0.2) is 37.5 Å². The van der Waals surface area contributed by atoms with Crippen molar-refractivity contribution in [1.82, 2.24) is 4.90 Å². The Morgan fingerprint density at radius 2 is 1.70 bits per heavy atom. The van der Waals surface area contributed by atoms with Crippen molar-refractivity contribution in [3.63, 3.8) is 0 Å². The van der Waals surface area contributed by atoms with E-state index in [1.165, 1.54) is 24.3 Å². The fourth-order valence-corrected chi connectivity index (χ4v) is 3.08. The number of carbonyl (C=O) groups excluding carboxylic acids is 2. The van der Waals surface area contributed by atoms with E-state index in [9.17, 15) is 14.0 Å². The highest BCUT2D eigenvalue weighted by atomic mass is 19.1. The summed E-state index contributed by atoms with van der Waals surface area (Å²) in [5.74, 6) is 0.206. The van der Waals surface area contributed by atoms with Gasteiger partial charge in [0.2, 0.25) is 11.8 Å². The van der Waals surface area contributed by atoms with E-state index in [1.54, 1.807) is 19.1 Å². The first kappa shape index (κ1) is 18.7. The molecule has 6 nitrogen and oxygen atoms in total. The van der Waals surface area contributed by atoms with E-state index >= 15 is 0 Å². The number of hydrogen-bond acceptors (Lipinski definition) is 4. The number of methoxy groups -OCH3 is 2. The maximum atomic E-state index is 12.9. The fourth-order valence-electron chi connectivity index (χ4n) is 3.08. The number of rotatable bonds is 5. The SMILES string of the molecule is COc1cc2c(cc1OC)CN(C(=O)CC(=O)Nc1ccc(F)cc1)CC2. The molecule has 1 heterocycles. The molecule has 0 spiro atoms. The minimum atomic E-state index is -0.426. The van der Waals surface area contributed by atoms with Crippen LogP contribution in [0.5, 0.6) is 11.5 Å². The number of ether oxygens (including phenoxy) is 2. The number of fused-ring (bicyclic) bond motifs is 1. The lowest BCUT2D eigenvalue weighted by Gasteiger charge is -2.29. The van der Waals surface area contributed by atoms with Gasteiger partial charge in [-0.25, -0.2) is 4.39 Å². The topological polar surface area (TPSA) is 67.9 Å². The van der Waals surface area contributed by atoms with E-state index in [0.717, 1.165) is 11.1 Å². The van der Waals surface area contributed by atoms with Crippen LogP contribution >= 0.6 is 0 Å². The first-order valence-electron chi connectivity index (χ1n) is 8.57. The maximum absolute atomic E-state index is 12.9. The molecule has 0 aromatic heterocycles. The zero-order valence-electron chi connectivity index (χ0n) is 15.3. The van der Waals surface area contributed by atoms with Gasteiger partial charge in [0, 0.05) is 18.8 Å². The Bertz CT molecular complexity index is 852. The van der Waals surface area contributed by atoms with Crippen LogP contribution in [0.4, 0.5) is 10.1 Å². The van der Waals surface area contributed by atoms with Crippen LogP contribution in [0.1, 0.15) is 17.5 Å². The van der Waals surface area contributed by atoms with E-state index in [0.29, 0.717) is 36.7 Å². The molecule has 1 aliphatic rings. The zero-order chi connectivity index (χ0) is 19.4. The van der Waals surface area contributed by atoms with Gasteiger partial charge in [-0.15, -0.1) is 0 Å². The predicted molar refractivity (Wildman–Crippen MR) is 98.3 cm³/mol. The molecule has 0 saturated carbocycles. The second-order valence-electron chi connectivity index (χ2n) is 6.27. The molecule has 27 heavy (non-hydrogen) atoms. The van der Waals surface area contributed by atoms with Gasteiger partial charge in [0.05, 0.1) is 14.2 Å². The van der Waals surface area contributed by atoms with Crippen LogP contribution in [0, 0.1) is 5.82 Å². The van der Waals surface area contributed by atoms with Crippen molar-refractivity contribution in [1.29, 1.82) is 0 Å². The number of hydrogen-bond donors (Lipinski definition) is 1. The highest BCUT2D eigenvalue weighted by Gasteiger charge is 2.24. The third-order valence-corrected chi connectivity index (χ3v) is 4.51. The number of carbonyl (C=O) groups is 2. The third kappa shape index (κ3) is 4.36. The highest BCUT2D eigenvalue weighted by molar-refractivity contribution is 6.03. The summed E-state index contributed by atoms with van der Waals surface area (Å²) in [6.45, 7) is 0.948. The number of nitrogens with one attached hydrogen (secondary N) is 1. The number of halogens is 1. The number of amides is 2. The molecule has 0 radical (unpaired) electrons. The van der Waals surface area contributed by atoms with E-state index in [4.69, 9.17) is 9.47 Å². The minimum Gasteiger partial charge on any atom is -0.493 e. The van der Waals surface area contributed by atoms with E-state index in [2.05, 4.69) is 5.32 Å². The lowest BCUT2D eigenvalue weighted by atomic mass is 9.98. The van der Waals surface area contributed by atoms with Gasteiger partial charge in [0.15, 0.2) is 11.5 Å². The summed E-state index contributed by atoms with van der Waals surface area (Å²) in [6.07, 6.45) is 0.418. The van der Waals surface area contributed by atoms with E-state index in [1.807, 2.05) is 12.1 Å². The Morgan fingerprint density at radius 3 is 2.33 bits per heavy atom. The molecule has 0 saturated heterocycles. The molecule has 142 valence electrons. The largest absolute Gasteiger partial charge is 0.493 e. The average molecular weight is 372 g/mol.